The minimum Gasteiger partial charge on any atom is -0.368 e. The van der Waals surface area contributed by atoms with E-state index >= 15 is 0 Å². The number of rotatable bonds is 5. The predicted molar refractivity (Wildman–Crippen MR) is 120 cm³/mol. The lowest BCUT2D eigenvalue weighted by Crippen LogP contribution is -2.46. The number of nitrogens with zero attached hydrogens (tertiary/aromatic N) is 7. The van der Waals surface area contributed by atoms with Gasteiger partial charge >= 0.3 is 0 Å². The molecule has 8 heteroatoms. The van der Waals surface area contributed by atoms with Crippen LogP contribution in [-0.2, 0) is 6.54 Å². The van der Waals surface area contributed by atoms with Gasteiger partial charge in [0.15, 0.2) is 0 Å². The van der Waals surface area contributed by atoms with Crippen LogP contribution < -0.4 is 20.3 Å². The molecule has 3 aromatic rings. The summed E-state index contributed by atoms with van der Waals surface area (Å²) in [5, 5.41) is 0.706. The van der Waals surface area contributed by atoms with Gasteiger partial charge in [0.1, 0.15) is 18.0 Å². The van der Waals surface area contributed by atoms with Gasteiger partial charge in [0.25, 0.3) is 5.56 Å². The highest BCUT2D eigenvalue weighted by atomic mass is 16.1. The van der Waals surface area contributed by atoms with Crippen molar-refractivity contribution >= 4 is 28.2 Å². The monoisotopic (exact) mass is 405 g/mol. The Bertz CT molecular complexity index is 1110. The van der Waals surface area contributed by atoms with Crippen LogP contribution >= 0.6 is 0 Å². The third-order valence-corrected chi connectivity index (χ3v) is 6.03. The van der Waals surface area contributed by atoms with E-state index in [1.807, 2.05) is 37.2 Å². The third kappa shape index (κ3) is 3.69. The van der Waals surface area contributed by atoms with Crippen molar-refractivity contribution in [1.29, 1.82) is 0 Å². The molecule has 2 aromatic heterocycles. The van der Waals surface area contributed by atoms with Gasteiger partial charge in [-0.3, -0.25) is 9.36 Å². The summed E-state index contributed by atoms with van der Waals surface area (Å²) in [5.74, 6) is 2.53. The van der Waals surface area contributed by atoms with E-state index in [0.29, 0.717) is 11.3 Å². The number of hydrogen-bond donors (Lipinski definition) is 0. The molecule has 3 heterocycles. The number of fused-ring (bicyclic) bond motifs is 1. The second-order valence-corrected chi connectivity index (χ2v) is 8.45. The second kappa shape index (κ2) is 7.59. The fourth-order valence-corrected chi connectivity index (χ4v) is 4.00. The van der Waals surface area contributed by atoms with E-state index in [1.54, 1.807) is 17.2 Å². The van der Waals surface area contributed by atoms with Crippen molar-refractivity contribution < 1.29 is 0 Å². The molecule has 1 aliphatic heterocycles. The number of anilines is 3. The first-order chi connectivity index (χ1) is 14.6. The smallest absolute Gasteiger partial charge is 0.261 e. The summed E-state index contributed by atoms with van der Waals surface area (Å²) in [7, 11) is 3.97. The van der Waals surface area contributed by atoms with Crippen molar-refractivity contribution in [2.24, 2.45) is 5.92 Å². The molecular weight excluding hydrogens is 378 g/mol. The van der Waals surface area contributed by atoms with Crippen molar-refractivity contribution in [1.82, 2.24) is 19.5 Å². The fourth-order valence-electron chi connectivity index (χ4n) is 4.00. The minimum absolute atomic E-state index is 0.0729. The average molecular weight is 406 g/mol. The number of benzene rings is 1. The molecule has 0 bridgehead atoms. The summed E-state index contributed by atoms with van der Waals surface area (Å²) in [6, 6.07) is 8.06. The summed E-state index contributed by atoms with van der Waals surface area (Å²) in [6.45, 7) is 4.36. The quantitative estimate of drug-likeness (QED) is 0.643. The van der Waals surface area contributed by atoms with Crippen molar-refractivity contribution in [3.63, 3.8) is 0 Å². The van der Waals surface area contributed by atoms with E-state index < -0.39 is 0 Å². The van der Waals surface area contributed by atoms with E-state index in [2.05, 4.69) is 30.8 Å². The Morgan fingerprint density at radius 1 is 1.00 bits per heavy atom. The van der Waals surface area contributed by atoms with Crippen LogP contribution in [0.25, 0.3) is 10.9 Å². The van der Waals surface area contributed by atoms with Gasteiger partial charge < -0.3 is 14.7 Å². The van der Waals surface area contributed by atoms with Gasteiger partial charge in [-0.25, -0.2) is 15.0 Å². The van der Waals surface area contributed by atoms with E-state index in [4.69, 9.17) is 0 Å². The summed E-state index contributed by atoms with van der Waals surface area (Å²) in [5.41, 5.74) is 1.97. The average Bonchev–Trinajstić information content (AvgIpc) is 3.60. The standard InChI is InChI=1S/C22H27N7O/c1-26(2)20-12-21(24-14-23-20)28-9-7-27(8-10-28)17-5-6-18-19(11-17)25-15-29(22(18)30)13-16-3-4-16/h5-6,11-12,14-16H,3-4,7-10,13H2,1-2H3. The summed E-state index contributed by atoms with van der Waals surface area (Å²) >= 11 is 0. The number of piperazine rings is 1. The largest absolute Gasteiger partial charge is 0.368 e. The molecule has 8 nitrogen and oxygen atoms in total. The summed E-state index contributed by atoms with van der Waals surface area (Å²) < 4.78 is 1.77. The first-order valence-electron chi connectivity index (χ1n) is 10.6. The molecule has 0 unspecified atom stereocenters. The third-order valence-electron chi connectivity index (χ3n) is 6.03. The molecule has 1 aliphatic carbocycles. The predicted octanol–water partition coefficient (Wildman–Crippen LogP) is 1.99. The van der Waals surface area contributed by atoms with E-state index in [1.165, 1.54) is 12.8 Å². The Balaban J connectivity index is 1.31. The topological polar surface area (TPSA) is 70.4 Å². The lowest BCUT2D eigenvalue weighted by Gasteiger charge is -2.36. The number of hydrogen-bond acceptors (Lipinski definition) is 7. The van der Waals surface area contributed by atoms with Gasteiger partial charge in [-0.2, -0.15) is 0 Å². The highest BCUT2D eigenvalue weighted by molar-refractivity contribution is 5.81. The van der Waals surface area contributed by atoms with Gasteiger partial charge in [-0.1, -0.05) is 0 Å². The van der Waals surface area contributed by atoms with Gasteiger partial charge in [-0.05, 0) is 37.0 Å². The highest BCUT2D eigenvalue weighted by Gasteiger charge is 2.23. The van der Waals surface area contributed by atoms with Gasteiger partial charge in [-0.15, -0.1) is 0 Å². The molecule has 1 saturated heterocycles. The van der Waals surface area contributed by atoms with Crippen molar-refractivity contribution in [2.45, 2.75) is 19.4 Å². The van der Waals surface area contributed by atoms with Crippen LogP contribution in [0.2, 0.25) is 0 Å². The summed E-state index contributed by atoms with van der Waals surface area (Å²) in [4.78, 5) is 32.7. The van der Waals surface area contributed by atoms with Crippen LogP contribution in [0.4, 0.5) is 17.3 Å². The molecule has 2 fully saturated rings. The normalized spacial score (nSPS) is 16.9. The van der Waals surface area contributed by atoms with Crippen LogP contribution in [0, 0.1) is 5.92 Å². The molecule has 0 spiro atoms. The van der Waals surface area contributed by atoms with Crippen molar-refractivity contribution in [3.8, 4) is 0 Å². The lowest BCUT2D eigenvalue weighted by molar-refractivity contribution is 0.602. The van der Waals surface area contributed by atoms with E-state index in [-0.39, 0.29) is 5.56 Å². The maximum Gasteiger partial charge on any atom is 0.261 e. The molecule has 1 aromatic carbocycles. The Kier molecular flexibility index (Phi) is 4.77. The molecule has 0 amide bonds. The molecule has 1 saturated carbocycles. The second-order valence-electron chi connectivity index (χ2n) is 8.45. The lowest BCUT2D eigenvalue weighted by atomic mass is 10.2. The zero-order valence-corrected chi connectivity index (χ0v) is 17.5. The minimum atomic E-state index is 0.0729. The maximum atomic E-state index is 12.7. The molecule has 30 heavy (non-hydrogen) atoms. The van der Waals surface area contributed by atoms with E-state index in [0.717, 1.165) is 55.6 Å². The van der Waals surface area contributed by atoms with E-state index in [9.17, 15) is 4.79 Å². The van der Waals surface area contributed by atoms with Crippen LogP contribution in [0.5, 0.6) is 0 Å². The molecule has 156 valence electrons. The maximum absolute atomic E-state index is 12.7. The van der Waals surface area contributed by atoms with Crippen LogP contribution in [0.3, 0.4) is 0 Å². The Morgan fingerprint density at radius 3 is 2.50 bits per heavy atom. The first kappa shape index (κ1) is 18.8. The first-order valence-corrected chi connectivity index (χ1v) is 10.6. The van der Waals surface area contributed by atoms with Crippen LogP contribution in [0.1, 0.15) is 12.8 Å². The SMILES string of the molecule is CN(C)c1cc(N2CCN(c3ccc4c(=O)n(CC5CC5)cnc4c3)CC2)ncn1. The molecule has 0 radical (unpaired) electrons. The molecule has 5 rings (SSSR count). The zero-order chi connectivity index (χ0) is 20.7. The van der Waals surface area contributed by atoms with Crippen LogP contribution in [0.15, 0.2) is 41.7 Å². The molecule has 0 N–H and O–H groups in total. The molecular formula is C22H27N7O. The fraction of sp³-hybridized carbons (Fsp3) is 0.455. The van der Waals surface area contributed by atoms with Crippen LogP contribution in [-0.4, -0.2) is 59.8 Å². The van der Waals surface area contributed by atoms with Gasteiger partial charge in [0.05, 0.1) is 17.2 Å². The van der Waals surface area contributed by atoms with Crippen molar-refractivity contribution in [3.05, 3.63) is 47.3 Å². The van der Waals surface area contributed by atoms with Gasteiger partial charge in [0, 0.05) is 58.6 Å². The zero-order valence-electron chi connectivity index (χ0n) is 17.5. The highest BCUT2D eigenvalue weighted by Crippen LogP contribution is 2.30. The molecule has 2 aliphatic rings. The Hall–Kier alpha value is -3.16. The summed E-state index contributed by atoms with van der Waals surface area (Å²) in [6.07, 6.45) is 5.78. The molecule has 0 atom stereocenters. The number of aromatic nitrogens is 4. The Labute approximate surface area is 175 Å². The van der Waals surface area contributed by atoms with Gasteiger partial charge in [0.2, 0.25) is 0 Å². The Morgan fingerprint density at radius 2 is 1.77 bits per heavy atom. The van der Waals surface area contributed by atoms with Crippen molar-refractivity contribution in [2.75, 3.05) is 55.0 Å².